The molecule has 1 aromatic carbocycles. The molecule has 1 rings (SSSR count). The third-order valence-corrected chi connectivity index (χ3v) is 3.22. The summed E-state index contributed by atoms with van der Waals surface area (Å²) in [6.07, 6.45) is 0. The molecule has 112 valence electrons. The first-order valence-electron chi connectivity index (χ1n) is 7.21. The van der Waals surface area contributed by atoms with Gasteiger partial charge in [0.15, 0.2) is 0 Å². The maximum atomic E-state index is 12.1. The van der Waals surface area contributed by atoms with E-state index in [9.17, 15) is 4.79 Å². The largest absolute Gasteiger partial charge is 0.378 e. The Morgan fingerprint density at radius 2 is 1.80 bits per heavy atom. The highest BCUT2D eigenvalue weighted by molar-refractivity contribution is 5.78. The van der Waals surface area contributed by atoms with Gasteiger partial charge in [-0.15, -0.1) is 0 Å². The van der Waals surface area contributed by atoms with Gasteiger partial charge in [0.1, 0.15) is 0 Å². The third-order valence-electron chi connectivity index (χ3n) is 3.22. The molecule has 1 amide bonds. The summed E-state index contributed by atoms with van der Waals surface area (Å²) in [6, 6.07) is 8.67. The van der Waals surface area contributed by atoms with Crippen LogP contribution in [0.25, 0.3) is 0 Å². The van der Waals surface area contributed by atoms with Crippen LogP contribution in [0.4, 0.5) is 5.69 Å². The van der Waals surface area contributed by atoms with Crippen LogP contribution >= 0.6 is 0 Å². The zero-order valence-corrected chi connectivity index (χ0v) is 13.3. The lowest BCUT2D eigenvalue weighted by molar-refractivity contribution is -0.130. The maximum Gasteiger partial charge on any atom is 0.236 e. The molecule has 0 aromatic heterocycles. The number of benzene rings is 1. The molecule has 0 heterocycles. The number of carbonyl (C=O) groups excluding carboxylic acids is 1. The minimum atomic E-state index is 0.151. The molecule has 0 fully saturated rings. The number of hydrogen-bond acceptors (Lipinski definition) is 3. The van der Waals surface area contributed by atoms with E-state index in [0.29, 0.717) is 19.1 Å². The van der Waals surface area contributed by atoms with E-state index in [4.69, 9.17) is 0 Å². The number of likely N-dealkylation sites (N-methyl/N-ethyl adjacent to an activating group) is 1. The second kappa shape index (κ2) is 7.90. The van der Waals surface area contributed by atoms with Gasteiger partial charge in [-0.25, -0.2) is 0 Å². The van der Waals surface area contributed by atoms with Crippen LogP contribution in [0.2, 0.25) is 0 Å². The van der Waals surface area contributed by atoms with Crippen molar-refractivity contribution in [2.24, 2.45) is 0 Å². The van der Waals surface area contributed by atoms with Crippen LogP contribution in [0.15, 0.2) is 24.3 Å². The van der Waals surface area contributed by atoms with Crippen molar-refractivity contribution >= 4 is 11.6 Å². The quantitative estimate of drug-likeness (QED) is 0.829. The van der Waals surface area contributed by atoms with E-state index in [2.05, 4.69) is 34.5 Å². The fourth-order valence-corrected chi connectivity index (χ4v) is 1.90. The fraction of sp³-hybridized carbons (Fsp3) is 0.562. The number of nitrogens with one attached hydrogen (secondary N) is 1. The summed E-state index contributed by atoms with van der Waals surface area (Å²) >= 11 is 0. The minimum absolute atomic E-state index is 0.151. The Balaban J connectivity index is 2.61. The number of hydrogen-bond donors (Lipinski definition) is 1. The molecule has 4 nitrogen and oxygen atoms in total. The monoisotopic (exact) mass is 277 g/mol. The van der Waals surface area contributed by atoms with Crippen LogP contribution in [-0.2, 0) is 11.3 Å². The van der Waals surface area contributed by atoms with Crippen molar-refractivity contribution in [2.75, 3.05) is 32.1 Å². The van der Waals surface area contributed by atoms with Crippen molar-refractivity contribution in [3.05, 3.63) is 29.8 Å². The van der Waals surface area contributed by atoms with Gasteiger partial charge in [0.25, 0.3) is 0 Å². The Hall–Kier alpha value is -1.55. The van der Waals surface area contributed by atoms with Crippen LogP contribution in [-0.4, -0.2) is 44.0 Å². The van der Waals surface area contributed by atoms with Crippen LogP contribution in [0.3, 0.4) is 0 Å². The predicted octanol–water partition coefficient (Wildman–Crippen LogP) is 2.10. The molecule has 0 bridgehead atoms. The molecular weight excluding hydrogens is 250 g/mol. The molecule has 1 N–H and O–H groups in total. The Labute approximate surface area is 122 Å². The highest BCUT2D eigenvalue weighted by atomic mass is 16.2. The topological polar surface area (TPSA) is 35.6 Å². The van der Waals surface area contributed by atoms with Gasteiger partial charge in [0.2, 0.25) is 5.91 Å². The summed E-state index contributed by atoms with van der Waals surface area (Å²) in [6.45, 7) is 7.91. The zero-order valence-electron chi connectivity index (χ0n) is 13.3. The Morgan fingerprint density at radius 1 is 1.20 bits per heavy atom. The lowest BCUT2D eigenvalue weighted by atomic mass is 10.2. The molecule has 0 saturated heterocycles. The van der Waals surface area contributed by atoms with E-state index in [0.717, 1.165) is 12.1 Å². The van der Waals surface area contributed by atoms with Gasteiger partial charge in [0.05, 0.1) is 6.54 Å². The predicted molar refractivity (Wildman–Crippen MR) is 85.0 cm³/mol. The summed E-state index contributed by atoms with van der Waals surface area (Å²) in [4.78, 5) is 16.1. The standard InChI is InChI=1S/C16H27N3O/c1-6-19(16(20)11-17-13(2)3)12-14-7-9-15(10-8-14)18(4)5/h7-10,13,17H,6,11-12H2,1-5H3. The Morgan fingerprint density at radius 3 is 2.25 bits per heavy atom. The molecule has 0 radical (unpaired) electrons. The lowest BCUT2D eigenvalue weighted by Gasteiger charge is -2.22. The number of anilines is 1. The van der Waals surface area contributed by atoms with Crippen molar-refractivity contribution in [1.82, 2.24) is 10.2 Å². The molecule has 0 spiro atoms. The van der Waals surface area contributed by atoms with Crippen LogP contribution in [0.5, 0.6) is 0 Å². The lowest BCUT2D eigenvalue weighted by Crippen LogP contribution is -2.39. The molecule has 20 heavy (non-hydrogen) atoms. The van der Waals surface area contributed by atoms with Crippen molar-refractivity contribution in [3.8, 4) is 0 Å². The van der Waals surface area contributed by atoms with Gasteiger partial charge in [-0.05, 0) is 24.6 Å². The molecule has 4 heteroatoms. The Kier molecular flexibility index (Phi) is 6.52. The van der Waals surface area contributed by atoms with E-state index >= 15 is 0 Å². The number of rotatable bonds is 7. The van der Waals surface area contributed by atoms with Crippen LogP contribution in [0, 0.1) is 0 Å². The van der Waals surface area contributed by atoms with Crippen molar-refractivity contribution in [3.63, 3.8) is 0 Å². The molecule has 1 aromatic rings. The normalized spacial score (nSPS) is 10.7. The average molecular weight is 277 g/mol. The summed E-state index contributed by atoms with van der Waals surface area (Å²) in [5, 5.41) is 3.17. The Bertz CT molecular complexity index is 412. The molecule has 0 saturated carbocycles. The summed E-state index contributed by atoms with van der Waals surface area (Å²) in [7, 11) is 4.04. The minimum Gasteiger partial charge on any atom is -0.378 e. The van der Waals surface area contributed by atoms with E-state index in [1.165, 1.54) is 5.69 Å². The van der Waals surface area contributed by atoms with Crippen molar-refractivity contribution in [2.45, 2.75) is 33.4 Å². The van der Waals surface area contributed by atoms with Gasteiger partial charge in [-0.1, -0.05) is 26.0 Å². The summed E-state index contributed by atoms with van der Waals surface area (Å²) in [5.41, 5.74) is 2.33. The van der Waals surface area contributed by atoms with Crippen LogP contribution in [0.1, 0.15) is 26.3 Å². The molecule has 0 atom stereocenters. The van der Waals surface area contributed by atoms with E-state index in [1.54, 1.807) is 0 Å². The number of nitrogens with zero attached hydrogens (tertiary/aromatic N) is 2. The highest BCUT2D eigenvalue weighted by Crippen LogP contribution is 2.13. The average Bonchev–Trinajstić information content (AvgIpc) is 2.42. The van der Waals surface area contributed by atoms with Crippen LogP contribution < -0.4 is 10.2 Å². The molecule has 0 aliphatic heterocycles. The van der Waals surface area contributed by atoms with E-state index < -0.39 is 0 Å². The zero-order chi connectivity index (χ0) is 15.1. The first kappa shape index (κ1) is 16.5. The molecular formula is C16H27N3O. The number of amides is 1. The van der Waals surface area contributed by atoms with E-state index in [1.807, 2.05) is 39.8 Å². The SMILES string of the molecule is CCN(Cc1ccc(N(C)C)cc1)C(=O)CNC(C)C. The molecule has 0 unspecified atom stereocenters. The summed E-state index contributed by atoms with van der Waals surface area (Å²) in [5.74, 6) is 0.151. The second-order valence-corrected chi connectivity index (χ2v) is 5.50. The second-order valence-electron chi connectivity index (χ2n) is 5.50. The molecule has 0 aliphatic carbocycles. The first-order chi connectivity index (χ1) is 9.43. The summed E-state index contributed by atoms with van der Waals surface area (Å²) < 4.78 is 0. The van der Waals surface area contributed by atoms with Gasteiger partial charge in [-0.2, -0.15) is 0 Å². The van der Waals surface area contributed by atoms with Crippen molar-refractivity contribution < 1.29 is 4.79 Å². The first-order valence-corrected chi connectivity index (χ1v) is 7.21. The van der Waals surface area contributed by atoms with Crippen molar-refractivity contribution in [1.29, 1.82) is 0 Å². The molecule has 0 aliphatic rings. The van der Waals surface area contributed by atoms with Gasteiger partial charge >= 0.3 is 0 Å². The smallest absolute Gasteiger partial charge is 0.236 e. The van der Waals surface area contributed by atoms with Gasteiger partial charge in [0, 0.05) is 38.9 Å². The highest BCUT2D eigenvalue weighted by Gasteiger charge is 2.12. The fourth-order valence-electron chi connectivity index (χ4n) is 1.90. The third kappa shape index (κ3) is 5.21. The van der Waals surface area contributed by atoms with Gasteiger partial charge < -0.3 is 15.1 Å². The number of carbonyl (C=O) groups is 1. The maximum absolute atomic E-state index is 12.1. The van der Waals surface area contributed by atoms with E-state index in [-0.39, 0.29) is 5.91 Å². The van der Waals surface area contributed by atoms with Gasteiger partial charge in [-0.3, -0.25) is 4.79 Å².